The molecule has 0 aliphatic rings. The van der Waals surface area contributed by atoms with Gasteiger partial charge >= 0.3 is 6.18 Å². The molecular weight excluding hydrogens is 265 g/mol. The van der Waals surface area contributed by atoms with E-state index in [1.54, 1.807) is 18.2 Å². The van der Waals surface area contributed by atoms with Gasteiger partial charge in [-0.1, -0.05) is 24.3 Å². The summed E-state index contributed by atoms with van der Waals surface area (Å²) in [6, 6.07) is 11.9. The maximum atomic E-state index is 12.9. The summed E-state index contributed by atoms with van der Waals surface area (Å²) in [6.45, 7) is 0. The van der Waals surface area contributed by atoms with E-state index >= 15 is 0 Å². The molecule has 5 heteroatoms. The zero-order valence-corrected chi connectivity index (χ0v) is 10.2. The fourth-order valence-corrected chi connectivity index (χ4v) is 1.72. The van der Waals surface area contributed by atoms with E-state index in [9.17, 15) is 13.2 Å². The molecule has 2 nitrogen and oxygen atoms in total. The van der Waals surface area contributed by atoms with Crippen LogP contribution in [0.25, 0.3) is 11.6 Å². The molecule has 0 radical (unpaired) electrons. The van der Waals surface area contributed by atoms with E-state index in [4.69, 9.17) is 5.26 Å². The van der Waals surface area contributed by atoms with Crippen LogP contribution in [0.5, 0.6) is 0 Å². The quantitative estimate of drug-likeness (QED) is 0.771. The second-order valence-corrected chi connectivity index (χ2v) is 3.97. The highest BCUT2D eigenvalue weighted by Crippen LogP contribution is 2.33. The van der Waals surface area contributed by atoms with E-state index in [0.29, 0.717) is 5.69 Å². The number of alkyl halides is 3. The van der Waals surface area contributed by atoms with Gasteiger partial charge in [0, 0.05) is 6.20 Å². The number of halogens is 3. The van der Waals surface area contributed by atoms with Gasteiger partial charge in [-0.25, -0.2) is 0 Å². The monoisotopic (exact) mass is 274 g/mol. The molecule has 0 spiro atoms. The van der Waals surface area contributed by atoms with E-state index in [1.165, 1.54) is 30.5 Å². The molecule has 2 rings (SSSR count). The third kappa shape index (κ3) is 3.04. The Balaban J connectivity index is 2.53. The van der Waals surface area contributed by atoms with Crippen molar-refractivity contribution in [1.82, 2.24) is 4.98 Å². The molecule has 20 heavy (non-hydrogen) atoms. The second-order valence-electron chi connectivity index (χ2n) is 3.97. The van der Waals surface area contributed by atoms with Crippen LogP contribution in [0.2, 0.25) is 0 Å². The van der Waals surface area contributed by atoms with Crippen LogP contribution in [0.1, 0.15) is 16.8 Å². The minimum absolute atomic E-state index is 0.0535. The van der Waals surface area contributed by atoms with Gasteiger partial charge in [0.05, 0.1) is 16.8 Å². The number of hydrogen-bond acceptors (Lipinski definition) is 2. The van der Waals surface area contributed by atoms with Crippen LogP contribution in [0.15, 0.2) is 48.7 Å². The minimum Gasteiger partial charge on any atom is -0.256 e. The number of nitrogens with zero attached hydrogens (tertiary/aromatic N) is 2. The highest BCUT2D eigenvalue weighted by molar-refractivity contribution is 5.88. The number of benzene rings is 1. The molecule has 0 N–H and O–H groups in total. The Kier molecular flexibility index (Phi) is 3.85. The summed E-state index contributed by atoms with van der Waals surface area (Å²) < 4.78 is 38.6. The smallest absolute Gasteiger partial charge is 0.256 e. The normalized spacial score (nSPS) is 12.0. The van der Waals surface area contributed by atoms with E-state index in [-0.39, 0.29) is 11.1 Å². The van der Waals surface area contributed by atoms with Crippen molar-refractivity contribution in [1.29, 1.82) is 5.26 Å². The molecular formula is C15H9F3N2. The average Bonchev–Trinajstić information content (AvgIpc) is 2.45. The van der Waals surface area contributed by atoms with Crippen LogP contribution in [0.3, 0.4) is 0 Å². The number of hydrogen-bond donors (Lipinski definition) is 0. The summed E-state index contributed by atoms with van der Waals surface area (Å²) in [5.41, 5.74) is -0.403. The summed E-state index contributed by atoms with van der Waals surface area (Å²) in [7, 11) is 0. The fraction of sp³-hybridized carbons (Fsp3) is 0.0667. The van der Waals surface area contributed by atoms with E-state index in [2.05, 4.69) is 4.98 Å². The Labute approximate surface area is 113 Å². The predicted molar refractivity (Wildman–Crippen MR) is 69.2 cm³/mol. The summed E-state index contributed by atoms with van der Waals surface area (Å²) in [5.74, 6) is 0. The SMILES string of the molecule is N#CC(=Cc1ccccc1C(F)(F)F)c1ccccn1. The maximum absolute atomic E-state index is 12.9. The molecule has 1 heterocycles. The number of nitriles is 1. The topological polar surface area (TPSA) is 36.7 Å². The molecule has 0 aliphatic carbocycles. The van der Waals surface area contributed by atoms with Crippen molar-refractivity contribution in [2.45, 2.75) is 6.18 Å². The van der Waals surface area contributed by atoms with Crippen LogP contribution in [-0.4, -0.2) is 4.98 Å². The first-order chi connectivity index (χ1) is 9.52. The minimum atomic E-state index is -4.46. The van der Waals surface area contributed by atoms with E-state index < -0.39 is 11.7 Å². The molecule has 0 saturated carbocycles. The van der Waals surface area contributed by atoms with Crippen molar-refractivity contribution in [3.8, 4) is 6.07 Å². The molecule has 0 fully saturated rings. The largest absolute Gasteiger partial charge is 0.416 e. The summed E-state index contributed by atoms with van der Waals surface area (Å²) >= 11 is 0. The third-order valence-corrected chi connectivity index (χ3v) is 2.63. The first kappa shape index (κ1) is 13.8. The Hall–Kier alpha value is -2.61. The van der Waals surface area contributed by atoms with Crippen molar-refractivity contribution >= 4 is 11.6 Å². The van der Waals surface area contributed by atoms with Gasteiger partial charge < -0.3 is 0 Å². The molecule has 0 aliphatic heterocycles. The Morgan fingerprint density at radius 1 is 1.10 bits per heavy atom. The third-order valence-electron chi connectivity index (χ3n) is 2.63. The fourth-order valence-electron chi connectivity index (χ4n) is 1.72. The van der Waals surface area contributed by atoms with Gasteiger partial charge in [0.15, 0.2) is 0 Å². The number of pyridine rings is 1. The van der Waals surface area contributed by atoms with Crippen molar-refractivity contribution in [2.75, 3.05) is 0 Å². The molecule has 0 unspecified atom stereocenters. The number of aromatic nitrogens is 1. The molecule has 2 aromatic rings. The molecule has 0 bridgehead atoms. The molecule has 0 atom stereocenters. The van der Waals surface area contributed by atoms with Crippen LogP contribution < -0.4 is 0 Å². The molecule has 0 amide bonds. The zero-order valence-electron chi connectivity index (χ0n) is 10.2. The lowest BCUT2D eigenvalue weighted by Crippen LogP contribution is -2.07. The standard InChI is InChI=1S/C15H9F3N2/c16-15(17,18)13-6-2-1-5-11(13)9-12(10-19)14-7-3-4-8-20-14/h1-9H. The zero-order chi connectivity index (χ0) is 14.6. The van der Waals surface area contributed by atoms with Gasteiger partial charge in [0.1, 0.15) is 6.07 Å². The van der Waals surface area contributed by atoms with Crippen molar-refractivity contribution in [3.63, 3.8) is 0 Å². The van der Waals surface area contributed by atoms with Gasteiger partial charge in [-0.2, -0.15) is 18.4 Å². The van der Waals surface area contributed by atoms with Crippen LogP contribution >= 0.6 is 0 Å². The van der Waals surface area contributed by atoms with Crippen molar-refractivity contribution in [2.24, 2.45) is 0 Å². The first-order valence-corrected chi connectivity index (χ1v) is 5.72. The second kappa shape index (κ2) is 5.57. The number of allylic oxidation sites excluding steroid dienone is 1. The molecule has 1 aromatic heterocycles. The van der Waals surface area contributed by atoms with Gasteiger partial charge in [0.2, 0.25) is 0 Å². The Bertz CT molecular complexity index is 668. The van der Waals surface area contributed by atoms with Crippen molar-refractivity contribution in [3.05, 3.63) is 65.5 Å². The molecule has 0 saturated heterocycles. The van der Waals surface area contributed by atoms with Gasteiger partial charge in [-0.3, -0.25) is 4.98 Å². The highest BCUT2D eigenvalue weighted by Gasteiger charge is 2.32. The summed E-state index contributed by atoms with van der Waals surface area (Å²) in [6.07, 6.45) is -1.78. The van der Waals surface area contributed by atoms with Gasteiger partial charge in [-0.15, -0.1) is 0 Å². The predicted octanol–water partition coefficient (Wildman–Crippen LogP) is 4.16. The van der Waals surface area contributed by atoms with Crippen LogP contribution in [0, 0.1) is 11.3 Å². The Morgan fingerprint density at radius 3 is 2.40 bits per heavy atom. The van der Waals surface area contributed by atoms with E-state index in [1.807, 2.05) is 6.07 Å². The highest BCUT2D eigenvalue weighted by atomic mass is 19.4. The molecule has 100 valence electrons. The lowest BCUT2D eigenvalue weighted by molar-refractivity contribution is -0.137. The van der Waals surface area contributed by atoms with Gasteiger partial charge in [-0.05, 0) is 29.8 Å². The van der Waals surface area contributed by atoms with E-state index in [0.717, 1.165) is 6.07 Å². The summed E-state index contributed by atoms with van der Waals surface area (Å²) in [5, 5.41) is 9.09. The lowest BCUT2D eigenvalue weighted by Gasteiger charge is -2.10. The lowest BCUT2D eigenvalue weighted by atomic mass is 10.0. The Morgan fingerprint density at radius 2 is 1.80 bits per heavy atom. The summed E-state index contributed by atoms with van der Waals surface area (Å²) in [4.78, 5) is 3.97. The van der Waals surface area contributed by atoms with Gasteiger partial charge in [0.25, 0.3) is 0 Å². The first-order valence-electron chi connectivity index (χ1n) is 5.72. The van der Waals surface area contributed by atoms with Crippen LogP contribution in [0.4, 0.5) is 13.2 Å². The van der Waals surface area contributed by atoms with Crippen molar-refractivity contribution < 1.29 is 13.2 Å². The average molecular weight is 274 g/mol. The molecule has 1 aromatic carbocycles. The number of rotatable bonds is 2. The van der Waals surface area contributed by atoms with Crippen LogP contribution in [-0.2, 0) is 6.18 Å². The maximum Gasteiger partial charge on any atom is 0.416 e.